The van der Waals surface area contributed by atoms with Crippen LogP contribution in [0.25, 0.3) is 0 Å². The third-order valence-corrected chi connectivity index (χ3v) is 2.95. The fourth-order valence-corrected chi connectivity index (χ4v) is 2.05. The van der Waals surface area contributed by atoms with E-state index in [1.165, 1.54) is 15.3 Å². The number of rotatable bonds is 4. The predicted octanol–water partition coefficient (Wildman–Crippen LogP) is 1.54. The molecule has 2 N–H and O–H groups in total. The number of thiophene rings is 1. The van der Waals surface area contributed by atoms with Gasteiger partial charge in [0, 0.05) is 16.3 Å². The van der Waals surface area contributed by atoms with Gasteiger partial charge in [-0.1, -0.05) is 0 Å². The standard InChI is InChI=1S/C9H13NO2S/c1-6-3-8(13-7(6)2)4-10-5-9(11)12/h3,10H,4-5H2,1-2H3,(H,11,12). The maximum Gasteiger partial charge on any atom is 0.317 e. The Morgan fingerprint density at radius 2 is 2.31 bits per heavy atom. The van der Waals surface area contributed by atoms with Gasteiger partial charge in [-0.15, -0.1) is 11.3 Å². The highest BCUT2D eigenvalue weighted by atomic mass is 32.1. The molecule has 0 saturated carbocycles. The molecular weight excluding hydrogens is 186 g/mol. The number of aryl methyl sites for hydroxylation is 2. The Balaban J connectivity index is 2.41. The highest BCUT2D eigenvalue weighted by molar-refractivity contribution is 7.12. The first-order chi connectivity index (χ1) is 6.09. The summed E-state index contributed by atoms with van der Waals surface area (Å²) in [5.74, 6) is -0.815. The van der Waals surface area contributed by atoms with Crippen molar-refractivity contribution in [1.29, 1.82) is 0 Å². The number of carboxylic acid groups (broad SMARTS) is 1. The van der Waals surface area contributed by atoms with E-state index >= 15 is 0 Å². The maximum absolute atomic E-state index is 10.2. The molecule has 0 aliphatic rings. The Kier molecular flexibility index (Phi) is 3.45. The van der Waals surface area contributed by atoms with Crippen LogP contribution in [-0.4, -0.2) is 17.6 Å². The van der Waals surface area contributed by atoms with Crippen LogP contribution < -0.4 is 5.32 Å². The van der Waals surface area contributed by atoms with E-state index in [0.717, 1.165) is 0 Å². The summed E-state index contributed by atoms with van der Waals surface area (Å²) in [4.78, 5) is 12.7. The number of nitrogens with one attached hydrogen (secondary N) is 1. The molecule has 0 spiro atoms. The van der Waals surface area contributed by atoms with Gasteiger partial charge in [0.15, 0.2) is 0 Å². The first-order valence-electron chi connectivity index (χ1n) is 4.08. The molecule has 3 nitrogen and oxygen atoms in total. The second-order valence-corrected chi connectivity index (χ2v) is 4.29. The number of carboxylic acids is 1. The zero-order valence-corrected chi connectivity index (χ0v) is 8.57. The lowest BCUT2D eigenvalue weighted by molar-refractivity contribution is -0.135. The number of hydrogen-bond acceptors (Lipinski definition) is 3. The van der Waals surface area contributed by atoms with Crippen LogP contribution in [0.15, 0.2) is 6.07 Å². The van der Waals surface area contributed by atoms with Crippen LogP contribution in [0.1, 0.15) is 15.3 Å². The third kappa shape index (κ3) is 3.16. The summed E-state index contributed by atoms with van der Waals surface area (Å²) in [6.45, 7) is 4.80. The molecule has 1 heterocycles. The summed E-state index contributed by atoms with van der Waals surface area (Å²) in [6, 6.07) is 2.09. The van der Waals surface area contributed by atoms with Gasteiger partial charge in [0.05, 0.1) is 6.54 Å². The smallest absolute Gasteiger partial charge is 0.317 e. The molecule has 4 heteroatoms. The van der Waals surface area contributed by atoms with Gasteiger partial charge in [0.25, 0.3) is 0 Å². The van der Waals surface area contributed by atoms with Gasteiger partial charge in [0.1, 0.15) is 0 Å². The van der Waals surface area contributed by atoms with E-state index in [-0.39, 0.29) is 6.54 Å². The Labute approximate surface area is 81.4 Å². The fourth-order valence-electron chi connectivity index (χ4n) is 1.03. The molecule has 0 aromatic carbocycles. The van der Waals surface area contributed by atoms with E-state index in [4.69, 9.17) is 5.11 Å². The lowest BCUT2D eigenvalue weighted by Crippen LogP contribution is -2.21. The summed E-state index contributed by atoms with van der Waals surface area (Å²) in [6.07, 6.45) is 0. The molecular formula is C9H13NO2S. The summed E-state index contributed by atoms with van der Waals surface area (Å²) in [5, 5.41) is 11.2. The van der Waals surface area contributed by atoms with E-state index < -0.39 is 5.97 Å². The van der Waals surface area contributed by atoms with Gasteiger partial charge in [-0.3, -0.25) is 4.79 Å². The van der Waals surface area contributed by atoms with Crippen molar-refractivity contribution in [3.8, 4) is 0 Å². The van der Waals surface area contributed by atoms with Crippen molar-refractivity contribution in [2.45, 2.75) is 20.4 Å². The highest BCUT2D eigenvalue weighted by Crippen LogP contribution is 2.19. The molecule has 1 rings (SSSR count). The van der Waals surface area contributed by atoms with Crippen LogP contribution in [0, 0.1) is 13.8 Å². The Bertz CT molecular complexity index is 287. The molecule has 0 amide bonds. The highest BCUT2D eigenvalue weighted by Gasteiger charge is 2.01. The summed E-state index contributed by atoms with van der Waals surface area (Å²) >= 11 is 1.71. The van der Waals surface area contributed by atoms with Gasteiger partial charge in [0.2, 0.25) is 0 Å². The first kappa shape index (κ1) is 10.2. The van der Waals surface area contributed by atoms with Crippen LogP contribution in [0.4, 0.5) is 0 Å². The lowest BCUT2D eigenvalue weighted by Gasteiger charge is -1.96. The lowest BCUT2D eigenvalue weighted by atomic mass is 10.3. The molecule has 0 radical (unpaired) electrons. The van der Waals surface area contributed by atoms with Crippen LogP contribution in [0.2, 0.25) is 0 Å². The van der Waals surface area contributed by atoms with Crippen LogP contribution in [-0.2, 0) is 11.3 Å². The van der Waals surface area contributed by atoms with E-state index in [9.17, 15) is 4.79 Å². The fraction of sp³-hybridized carbons (Fsp3) is 0.444. The molecule has 1 aromatic heterocycles. The average Bonchev–Trinajstić information content (AvgIpc) is 2.30. The quantitative estimate of drug-likeness (QED) is 0.773. The monoisotopic (exact) mass is 199 g/mol. The van der Waals surface area contributed by atoms with E-state index in [1.807, 2.05) is 0 Å². The van der Waals surface area contributed by atoms with E-state index in [1.54, 1.807) is 11.3 Å². The number of carbonyl (C=O) groups is 1. The molecule has 0 fully saturated rings. The Hall–Kier alpha value is -0.870. The largest absolute Gasteiger partial charge is 0.480 e. The Morgan fingerprint density at radius 1 is 1.62 bits per heavy atom. The molecule has 13 heavy (non-hydrogen) atoms. The normalized spacial score (nSPS) is 10.3. The number of aliphatic carboxylic acids is 1. The van der Waals surface area contributed by atoms with Crippen LogP contribution >= 0.6 is 11.3 Å². The second kappa shape index (κ2) is 4.39. The van der Waals surface area contributed by atoms with Crippen molar-refractivity contribution in [2.24, 2.45) is 0 Å². The van der Waals surface area contributed by atoms with Crippen LogP contribution in [0.5, 0.6) is 0 Å². The average molecular weight is 199 g/mol. The minimum atomic E-state index is -0.815. The van der Waals surface area contributed by atoms with Gasteiger partial charge < -0.3 is 10.4 Å². The molecule has 72 valence electrons. The second-order valence-electron chi connectivity index (χ2n) is 2.95. The number of hydrogen-bond donors (Lipinski definition) is 2. The summed E-state index contributed by atoms with van der Waals surface area (Å²) in [5.41, 5.74) is 1.28. The SMILES string of the molecule is Cc1cc(CNCC(=O)O)sc1C. The van der Waals surface area contributed by atoms with Crippen molar-refractivity contribution in [3.63, 3.8) is 0 Å². The predicted molar refractivity (Wildman–Crippen MR) is 53.1 cm³/mol. The van der Waals surface area contributed by atoms with Crippen molar-refractivity contribution in [2.75, 3.05) is 6.54 Å². The topological polar surface area (TPSA) is 49.3 Å². The maximum atomic E-state index is 10.2. The minimum Gasteiger partial charge on any atom is -0.480 e. The van der Waals surface area contributed by atoms with Gasteiger partial charge >= 0.3 is 5.97 Å². The molecule has 0 bridgehead atoms. The van der Waals surface area contributed by atoms with Gasteiger partial charge in [-0.25, -0.2) is 0 Å². The van der Waals surface area contributed by atoms with Crippen LogP contribution in [0.3, 0.4) is 0 Å². The molecule has 0 saturated heterocycles. The minimum absolute atomic E-state index is 0.0238. The molecule has 0 aliphatic carbocycles. The zero-order chi connectivity index (χ0) is 9.84. The van der Waals surface area contributed by atoms with Gasteiger partial charge in [-0.2, -0.15) is 0 Å². The molecule has 0 aliphatic heterocycles. The third-order valence-electron chi connectivity index (χ3n) is 1.79. The van der Waals surface area contributed by atoms with Crippen molar-refractivity contribution in [3.05, 3.63) is 21.4 Å². The summed E-state index contributed by atoms with van der Waals surface area (Å²) < 4.78 is 0. The van der Waals surface area contributed by atoms with E-state index in [2.05, 4.69) is 25.2 Å². The molecule has 0 unspecified atom stereocenters. The first-order valence-corrected chi connectivity index (χ1v) is 4.89. The Morgan fingerprint density at radius 3 is 2.77 bits per heavy atom. The van der Waals surface area contributed by atoms with Gasteiger partial charge in [-0.05, 0) is 25.5 Å². The van der Waals surface area contributed by atoms with Crippen molar-refractivity contribution < 1.29 is 9.90 Å². The zero-order valence-electron chi connectivity index (χ0n) is 7.76. The molecule has 0 atom stereocenters. The van der Waals surface area contributed by atoms with Crippen molar-refractivity contribution in [1.82, 2.24) is 5.32 Å². The van der Waals surface area contributed by atoms with E-state index in [0.29, 0.717) is 6.54 Å². The van der Waals surface area contributed by atoms with Crippen molar-refractivity contribution >= 4 is 17.3 Å². The molecule has 1 aromatic rings. The summed E-state index contributed by atoms with van der Waals surface area (Å²) in [7, 11) is 0.